The van der Waals surface area contributed by atoms with E-state index in [-0.39, 0.29) is 16.8 Å². The number of halogens is 2. The fourth-order valence-electron chi connectivity index (χ4n) is 1.75. The monoisotopic (exact) mass is 412 g/mol. The van der Waals surface area contributed by atoms with E-state index in [0.717, 1.165) is 4.47 Å². The van der Waals surface area contributed by atoms with Crippen LogP contribution in [0.15, 0.2) is 45.3 Å². The molecule has 0 radical (unpaired) electrons. The van der Waals surface area contributed by atoms with Crippen molar-refractivity contribution in [2.75, 3.05) is 11.1 Å². The SMILES string of the molecule is Nc1cc(Br)ccc1C(=O)Nc1c(Br)cccc1C(=O)O. The van der Waals surface area contributed by atoms with Gasteiger partial charge < -0.3 is 16.2 Å². The van der Waals surface area contributed by atoms with Crippen LogP contribution in [0.4, 0.5) is 11.4 Å². The van der Waals surface area contributed by atoms with Gasteiger partial charge in [0.1, 0.15) is 0 Å². The number of carbonyl (C=O) groups excluding carboxylic acids is 1. The highest BCUT2D eigenvalue weighted by Crippen LogP contribution is 2.28. The second-order valence-corrected chi connectivity index (χ2v) is 5.92. The predicted molar refractivity (Wildman–Crippen MR) is 87.6 cm³/mol. The van der Waals surface area contributed by atoms with Gasteiger partial charge in [-0.2, -0.15) is 0 Å². The Balaban J connectivity index is 2.38. The summed E-state index contributed by atoms with van der Waals surface area (Å²) in [5, 5.41) is 11.7. The Hall–Kier alpha value is -1.86. The molecular formula is C14H10Br2N2O3. The molecule has 4 N–H and O–H groups in total. The van der Waals surface area contributed by atoms with Gasteiger partial charge in [0.15, 0.2) is 0 Å². The molecule has 0 saturated heterocycles. The average Bonchev–Trinajstić information content (AvgIpc) is 2.40. The van der Waals surface area contributed by atoms with Crippen LogP contribution in [0.2, 0.25) is 0 Å². The Bertz CT molecular complexity index is 732. The lowest BCUT2D eigenvalue weighted by Crippen LogP contribution is -2.16. The molecule has 0 heterocycles. The standard InChI is InChI=1S/C14H10Br2N2O3/c15-7-4-5-8(11(17)6-7)13(19)18-12-9(14(20)21)2-1-3-10(12)16/h1-6H,17H2,(H,18,19)(H,20,21). The number of amides is 1. The van der Waals surface area contributed by atoms with Crippen molar-refractivity contribution < 1.29 is 14.7 Å². The van der Waals surface area contributed by atoms with Crippen molar-refractivity contribution in [2.45, 2.75) is 0 Å². The summed E-state index contributed by atoms with van der Waals surface area (Å²) in [5.41, 5.74) is 6.54. The summed E-state index contributed by atoms with van der Waals surface area (Å²) < 4.78 is 1.23. The molecule has 0 atom stereocenters. The zero-order valence-corrected chi connectivity index (χ0v) is 13.7. The average molecular weight is 414 g/mol. The first kappa shape index (κ1) is 15.5. The van der Waals surface area contributed by atoms with E-state index < -0.39 is 11.9 Å². The Morgan fingerprint density at radius 1 is 1.10 bits per heavy atom. The third-order valence-electron chi connectivity index (χ3n) is 2.74. The molecule has 108 valence electrons. The van der Waals surface area contributed by atoms with E-state index >= 15 is 0 Å². The molecule has 21 heavy (non-hydrogen) atoms. The Morgan fingerprint density at radius 2 is 1.81 bits per heavy atom. The van der Waals surface area contributed by atoms with Gasteiger partial charge in [0.05, 0.1) is 16.8 Å². The van der Waals surface area contributed by atoms with Gasteiger partial charge in [-0.1, -0.05) is 22.0 Å². The first-order valence-electron chi connectivity index (χ1n) is 5.78. The Labute approximate surface area is 137 Å². The van der Waals surface area contributed by atoms with Gasteiger partial charge in [-0.25, -0.2) is 4.79 Å². The lowest BCUT2D eigenvalue weighted by atomic mass is 10.1. The maximum atomic E-state index is 12.3. The minimum atomic E-state index is -1.13. The minimum Gasteiger partial charge on any atom is -0.478 e. The fraction of sp³-hybridized carbons (Fsp3) is 0. The van der Waals surface area contributed by atoms with Gasteiger partial charge >= 0.3 is 5.97 Å². The number of carbonyl (C=O) groups is 2. The summed E-state index contributed by atoms with van der Waals surface area (Å²) >= 11 is 6.49. The van der Waals surface area contributed by atoms with Crippen molar-refractivity contribution in [2.24, 2.45) is 0 Å². The summed E-state index contributed by atoms with van der Waals surface area (Å²) in [6.45, 7) is 0. The van der Waals surface area contributed by atoms with E-state index in [1.54, 1.807) is 30.3 Å². The number of nitrogens with two attached hydrogens (primary N) is 1. The van der Waals surface area contributed by atoms with Crippen LogP contribution in [0.5, 0.6) is 0 Å². The van der Waals surface area contributed by atoms with Crippen molar-refractivity contribution in [1.29, 1.82) is 0 Å². The minimum absolute atomic E-state index is 0.00610. The number of carboxylic acid groups (broad SMARTS) is 1. The van der Waals surface area contributed by atoms with Crippen molar-refractivity contribution in [3.63, 3.8) is 0 Å². The van der Waals surface area contributed by atoms with Gasteiger partial charge in [0.25, 0.3) is 5.91 Å². The van der Waals surface area contributed by atoms with Crippen LogP contribution < -0.4 is 11.1 Å². The molecule has 1 amide bonds. The summed E-state index contributed by atoms with van der Waals surface area (Å²) in [4.78, 5) is 23.5. The predicted octanol–water partition coefficient (Wildman–Crippen LogP) is 3.74. The van der Waals surface area contributed by atoms with Crippen molar-refractivity contribution in [1.82, 2.24) is 0 Å². The molecule has 0 aromatic heterocycles. The first-order chi connectivity index (χ1) is 9.90. The van der Waals surface area contributed by atoms with Crippen molar-refractivity contribution in [3.05, 3.63) is 56.5 Å². The second-order valence-electron chi connectivity index (χ2n) is 4.15. The molecule has 0 spiro atoms. The molecule has 0 aliphatic heterocycles. The highest BCUT2D eigenvalue weighted by Gasteiger charge is 2.17. The maximum Gasteiger partial charge on any atom is 0.337 e. The molecule has 0 aliphatic rings. The number of rotatable bonds is 3. The molecular weight excluding hydrogens is 404 g/mol. The number of anilines is 2. The van der Waals surface area contributed by atoms with Gasteiger partial charge in [0, 0.05) is 14.6 Å². The molecule has 2 aromatic carbocycles. The number of hydrogen-bond acceptors (Lipinski definition) is 3. The zero-order valence-electron chi connectivity index (χ0n) is 10.6. The molecule has 0 bridgehead atoms. The fourth-order valence-corrected chi connectivity index (χ4v) is 2.59. The zero-order chi connectivity index (χ0) is 15.6. The normalized spacial score (nSPS) is 10.2. The van der Waals surface area contributed by atoms with E-state index in [1.165, 1.54) is 6.07 Å². The lowest BCUT2D eigenvalue weighted by Gasteiger charge is -2.12. The molecule has 2 aromatic rings. The lowest BCUT2D eigenvalue weighted by molar-refractivity contribution is 0.0698. The summed E-state index contributed by atoms with van der Waals surface area (Å²) in [7, 11) is 0. The molecule has 0 aliphatic carbocycles. The number of aromatic carboxylic acids is 1. The van der Waals surface area contributed by atoms with Crippen LogP contribution in [0.3, 0.4) is 0 Å². The van der Waals surface area contributed by atoms with E-state index in [1.807, 2.05) is 0 Å². The van der Waals surface area contributed by atoms with Crippen molar-refractivity contribution >= 4 is 55.1 Å². The molecule has 0 fully saturated rings. The van der Waals surface area contributed by atoms with Gasteiger partial charge in [-0.15, -0.1) is 0 Å². The molecule has 7 heteroatoms. The largest absolute Gasteiger partial charge is 0.478 e. The summed E-state index contributed by atoms with van der Waals surface area (Å²) in [6, 6.07) is 9.49. The van der Waals surface area contributed by atoms with E-state index in [2.05, 4.69) is 37.2 Å². The van der Waals surface area contributed by atoms with Crippen LogP contribution in [0, 0.1) is 0 Å². The first-order valence-corrected chi connectivity index (χ1v) is 7.37. The van der Waals surface area contributed by atoms with Gasteiger partial charge in [-0.05, 0) is 46.3 Å². The van der Waals surface area contributed by atoms with Crippen molar-refractivity contribution in [3.8, 4) is 0 Å². The van der Waals surface area contributed by atoms with Gasteiger partial charge in [-0.3, -0.25) is 4.79 Å². The third kappa shape index (κ3) is 3.43. The van der Waals surface area contributed by atoms with E-state index in [4.69, 9.17) is 10.8 Å². The van der Waals surface area contributed by atoms with Gasteiger partial charge in [0.2, 0.25) is 0 Å². The quantitative estimate of drug-likeness (QED) is 0.668. The highest BCUT2D eigenvalue weighted by molar-refractivity contribution is 9.10. The summed E-state index contributed by atoms with van der Waals surface area (Å²) in [5.74, 6) is -1.61. The number of para-hydroxylation sites is 1. The number of nitrogens with one attached hydrogen (secondary N) is 1. The van der Waals surface area contributed by atoms with Crippen LogP contribution in [0.1, 0.15) is 20.7 Å². The molecule has 5 nitrogen and oxygen atoms in total. The molecule has 2 rings (SSSR count). The second kappa shape index (κ2) is 6.28. The number of benzene rings is 2. The highest BCUT2D eigenvalue weighted by atomic mass is 79.9. The third-order valence-corrected chi connectivity index (χ3v) is 3.89. The van der Waals surface area contributed by atoms with E-state index in [0.29, 0.717) is 10.2 Å². The smallest absolute Gasteiger partial charge is 0.337 e. The number of carboxylic acids is 1. The number of hydrogen-bond donors (Lipinski definition) is 3. The van der Waals surface area contributed by atoms with Crippen LogP contribution >= 0.6 is 31.9 Å². The van der Waals surface area contributed by atoms with Crippen LogP contribution in [-0.4, -0.2) is 17.0 Å². The summed E-state index contributed by atoms with van der Waals surface area (Å²) in [6.07, 6.45) is 0. The van der Waals surface area contributed by atoms with E-state index in [9.17, 15) is 9.59 Å². The topological polar surface area (TPSA) is 92.4 Å². The number of nitrogen functional groups attached to an aromatic ring is 1. The van der Waals surface area contributed by atoms with Crippen LogP contribution in [-0.2, 0) is 0 Å². The Morgan fingerprint density at radius 3 is 2.43 bits per heavy atom. The molecule has 0 unspecified atom stereocenters. The van der Waals surface area contributed by atoms with Crippen LogP contribution in [0.25, 0.3) is 0 Å². The Kier molecular flexibility index (Phi) is 4.64. The molecule has 0 saturated carbocycles. The maximum absolute atomic E-state index is 12.3.